The number of nitrogens with zero attached hydrogens (tertiary/aromatic N) is 2. The van der Waals surface area contributed by atoms with Crippen LogP contribution in [0, 0.1) is 6.92 Å². The van der Waals surface area contributed by atoms with Crippen molar-refractivity contribution in [2.45, 2.75) is 20.4 Å². The fourth-order valence-corrected chi connectivity index (χ4v) is 1.86. The highest BCUT2D eigenvalue weighted by Crippen LogP contribution is 2.13. The molecule has 100 valence electrons. The number of amides is 1. The number of benzene rings is 1. The summed E-state index contributed by atoms with van der Waals surface area (Å²) in [6.07, 6.45) is 0. The zero-order valence-electron chi connectivity index (χ0n) is 11.1. The summed E-state index contributed by atoms with van der Waals surface area (Å²) in [5.74, 6) is 0.105. The molecule has 0 aliphatic carbocycles. The normalized spacial score (nSPS) is 10.4. The average molecular weight is 259 g/mol. The summed E-state index contributed by atoms with van der Waals surface area (Å²) >= 11 is 0. The molecule has 1 amide bonds. The van der Waals surface area contributed by atoms with Crippen molar-refractivity contribution in [1.29, 1.82) is 0 Å². The highest BCUT2D eigenvalue weighted by Gasteiger charge is 2.18. The molecule has 0 fully saturated rings. The fourth-order valence-electron chi connectivity index (χ4n) is 1.86. The highest BCUT2D eigenvalue weighted by molar-refractivity contribution is 5.91. The van der Waals surface area contributed by atoms with Crippen molar-refractivity contribution in [3.63, 3.8) is 0 Å². The number of nitrogen functional groups attached to an aromatic ring is 1. The minimum atomic E-state index is -0.162. The van der Waals surface area contributed by atoms with E-state index in [1.165, 1.54) is 0 Å². The van der Waals surface area contributed by atoms with Gasteiger partial charge in [-0.15, -0.1) is 0 Å². The maximum Gasteiger partial charge on any atom is 0.292 e. The third kappa shape index (κ3) is 3.13. The summed E-state index contributed by atoms with van der Waals surface area (Å²) < 4.78 is 5.00. The second-order valence-corrected chi connectivity index (χ2v) is 4.40. The fraction of sp³-hybridized carbons (Fsp3) is 0.286. The molecule has 0 radical (unpaired) electrons. The molecule has 2 rings (SSSR count). The Balaban J connectivity index is 2.14. The molecule has 1 aromatic heterocycles. The molecule has 0 saturated heterocycles. The molecule has 19 heavy (non-hydrogen) atoms. The highest BCUT2D eigenvalue weighted by atomic mass is 16.5. The third-order valence-electron chi connectivity index (χ3n) is 2.83. The molecular formula is C14H17N3O2. The number of anilines is 1. The van der Waals surface area contributed by atoms with Crippen LogP contribution in [0.25, 0.3) is 0 Å². The van der Waals surface area contributed by atoms with E-state index in [2.05, 4.69) is 5.16 Å². The number of carbonyl (C=O) groups excluding carboxylic acids is 1. The summed E-state index contributed by atoms with van der Waals surface area (Å²) in [6.45, 7) is 4.80. The van der Waals surface area contributed by atoms with Crippen LogP contribution in [0.1, 0.15) is 28.7 Å². The molecule has 5 heteroatoms. The van der Waals surface area contributed by atoms with Gasteiger partial charge in [0.05, 0.1) is 5.69 Å². The second-order valence-electron chi connectivity index (χ2n) is 4.40. The first-order valence-electron chi connectivity index (χ1n) is 6.17. The Hall–Kier alpha value is -2.30. The van der Waals surface area contributed by atoms with Gasteiger partial charge in [0, 0.05) is 24.8 Å². The number of rotatable bonds is 4. The molecule has 0 aliphatic rings. The van der Waals surface area contributed by atoms with Crippen molar-refractivity contribution in [2.75, 3.05) is 12.3 Å². The van der Waals surface area contributed by atoms with Crippen LogP contribution in [-0.2, 0) is 6.54 Å². The number of hydrogen-bond acceptors (Lipinski definition) is 4. The summed E-state index contributed by atoms with van der Waals surface area (Å²) in [6, 6.07) is 9.15. The molecule has 1 aromatic carbocycles. The Morgan fingerprint density at radius 1 is 1.42 bits per heavy atom. The molecule has 1 heterocycles. The number of aromatic nitrogens is 1. The van der Waals surface area contributed by atoms with Crippen LogP contribution < -0.4 is 5.73 Å². The van der Waals surface area contributed by atoms with Crippen LogP contribution in [-0.4, -0.2) is 22.5 Å². The average Bonchev–Trinajstić information content (AvgIpc) is 2.82. The summed E-state index contributed by atoms with van der Waals surface area (Å²) in [5.41, 5.74) is 8.12. The van der Waals surface area contributed by atoms with Gasteiger partial charge in [-0.3, -0.25) is 4.79 Å². The van der Waals surface area contributed by atoms with Crippen molar-refractivity contribution in [1.82, 2.24) is 10.1 Å². The summed E-state index contributed by atoms with van der Waals surface area (Å²) in [5, 5.41) is 3.73. The topological polar surface area (TPSA) is 72.4 Å². The van der Waals surface area contributed by atoms with Gasteiger partial charge in [-0.05, 0) is 31.5 Å². The van der Waals surface area contributed by atoms with E-state index in [1.54, 1.807) is 17.9 Å². The smallest absolute Gasteiger partial charge is 0.292 e. The van der Waals surface area contributed by atoms with E-state index in [-0.39, 0.29) is 11.7 Å². The molecule has 0 bridgehead atoms. The number of carbonyl (C=O) groups is 1. The molecule has 0 atom stereocenters. The van der Waals surface area contributed by atoms with Gasteiger partial charge in [0.15, 0.2) is 0 Å². The maximum absolute atomic E-state index is 12.2. The minimum absolute atomic E-state index is 0.162. The Kier molecular flexibility index (Phi) is 3.85. The third-order valence-corrected chi connectivity index (χ3v) is 2.83. The number of aryl methyl sites for hydroxylation is 1. The number of nitrogens with two attached hydrogens (primary N) is 1. The minimum Gasteiger partial charge on any atom is -0.399 e. The monoisotopic (exact) mass is 259 g/mol. The predicted octanol–water partition coefficient (Wildman–Crippen LogP) is 2.23. The van der Waals surface area contributed by atoms with Gasteiger partial charge in [-0.25, -0.2) is 0 Å². The standard InChI is InChI=1S/C14H17N3O2/c1-3-17(9-11-5-4-6-12(15)8-11)14(18)13-7-10(2)16-19-13/h4-8H,3,9,15H2,1-2H3. The van der Waals surface area contributed by atoms with Crippen LogP contribution in [0.5, 0.6) is 0 Å². The van der Waals surface area contributed by atoms with E-state index in [0.717, 1.165) is 5.56 Å². The lowest BCUT2D eigenvalue weighted by Crippen LogP contribution is -2.30. The lowest BCUT2D eigenvalue weighted by atomic mass is 10.2. The van der Waals surface area contributed by atoms with E-state index < -0.39 is 0 Å². The van der Waals surface area contributed by atoms with Crippen molar-refractivity contribution < 1.29 is 9.32 Å². The molecular weight excluding hydrogens is 242 g/mol. The maximum atomic E-state index is 12.2. The van der Waals surface area contributed by atoms with Crippen molar-refractivity contribution in [3.8, 4) is 0 Å². The first-order chi connectivity index (χ1) is 9.10. The van der Waals surface area contributed by atoms with Gasteiger partial charge in [0.25, 0.3) is 5.91 Å². The van der Waals surface area contributed by atoms with Crippen molar-refractivity contribution in [3.05, 3.63) is 47.3 Å². The van der Waals surface area contributed by atoms with Gasteiger partial charge >= 0.3 is 0 Å². The lowest BCUT2D eigenvalue weighted by Gasteiger charge is -2.19. The van der Waals surface area contributed by atoms with Crippen LogP contribution in [0.2, 0.25) is 0 Å². The first-order valence-corrected chi connectivity index (χ1v) is 6.17. The SMILES string of the molecule is CCN(Cc1cccc(N)c1)C(=O)c1cc(C)no1. The van der Waals surface area contributed by atoms with Crippen molar-refractivity contribution in [2.24, 2.45) is 0 Å². The van der Waals surface area contributed by atoms with Crippen molar-refractivity contribution >= 4 is 11.6 Å². The molecule has 0 unspecified atom stereocenters. The van der Waals surface area contributed by atoms with Crippen LogP contribution >= 0.6 is 0 Å². The first kappa shape index (κ1) is 13.1. The number of hydrogen-bond donors (Lipinski definition) is 1. The van der Waals surface area contributed by atoms with E-state index >= 15 is 0 Å². The predicted molar refractivity (Wildman–Crippen MR) is 72.5 cm³/mol. The molecule has 0 spiro atoms. The molecule has 0 aliphatic heterocycles. The van der Waals surface area contributed by atoms with Crippen LogP contribution in [0.3, 0.4) is 0 Å². The molecule has 5 nitrogen and oxygen atoms in total. The van der Waals surface area contributed by atoms with Crippen LogP contribution in [0.15, 0.2) is 34.9 Å². The Morgan fingerprint density at radius 3 is 2.79 bits per heavy atom. The van der Waals surface area contributed by atoms with E-state index in [9.17, 15) is 4.79 Å². The Bertz CT molecular complexity index is 578. The van der Waals surface area contributed by atoms with E-state index in [1.807, 2.05) is 31.2 Å². The Morgan fingerprint density at radius 2 is 2.21 bits per heavy atom. The van der Waals surface area contributed by atoms with Gasteiger partial charge in [-0.1, -0.05) is 17.3 Å². The van der Waals surface area contributed by atoms with Gasteiger partial charge in [0.1, 0.15) is 0 Å². The van der Waals surface area contributed by atoms with E-state index in [0.29, 0.717) is 24.5 Å². The van der Waals surface area contributed by atoms with Gasteiger partial charge in [0.2, 0.25) is 5.76 Å². The van der Waals surface area contributed by atoms with Gasteiger partial charge in [-0.2, -0.15) is 0 Å². The van der Waals surface area contributed by atoms with E-state index in [4.69, 9.17) is 10.3 Å². The van der Waals surface area contributed by atoms with Gasteiger partial charge < -0.3 is 15.2 Å². The summed E-state index contributed by atoms with van der Waals surface area (Å²) in [4.78, 5) is 13.9. The quantitative estimate of drug-likeness (QED) is 0.854. The lowest BCUT2D eigenvalue weighted by molar-refractivity contribution is 0.0710. The zero-order chi connectivity index (χ0) is 13.8. The zero-order valence-corrected chi connectivity index (χ0v) is 11.1. The molecule has 0 saturated carbocycles. The molecule has 2 N–H and O–H groups in total. The summed E-state index contributed by atoms with van der Waals surface area (Å²) in [7, 11) is 0. The molecule has 2 aromatic rings. The Labute approximate surface area is 112 Å². The largest absolute Gasteiger partial charge is 0.399 e. The van der Waals surface area contributed by atoms with Crippen LogP contribution in [0.4, 0.5) is 5.69 Å². The second kappa shape index (κ2) is 5.56.